The molecule has 0 unspecified atom stereocenters. The summed E-state index contributed by atoms with van der Waals surface area (Å²) in [4.78, 5) is 0. The molecule has 0 aliphatic rings. The number of nitrogen functional groups attached to an aromatic ring is 1. The van der Waals surface area contributed by atoms with E-state index in [1.807, 2.05) is 29.1 Å². The Balaban J connectivity index is 2.38. The summed E-state index contributed by atoms with van der Waals surface area (Å²) in [5.41, 5.74) is 8.95. The lowest BCUT2D eigenvalue weighted by Gasteiger charge is -2.07. The zero-order chi connectivity index (χ0) is 10.7. The van der Waals surface area contributed by atoms with E-state index in [-0.39, 0.29) is 0 Å². The molecule has 0 saturated heterocycles. The topological polar surface area (TPSA) is 43.8 Å². The minimum absolute atomic E-state index is 0.847. The van der Waals surface area contributed by atoms with Crippen molar-refractivity contribution in [2.75, 3.05) is 12.0 Å². The van der Waals surface area contributed by atoms with Crippen LogP contribution >= 0.6 is 11.8 Å². The third-order valence-corrected chi connectivity index (χ3v) is 2.80. The Hall–Kier alpha value is -1.42. The van der Waals surface area contributed by atoms with Gasteiger partial charge in [0.05, 0.1) is 5.69 Å². The standard InChI is InChI=1S/C11H13N3S/c1-15-8-9-7-10(3-4-11(9)12)14-6-2-5-13-14/h2-7H,8,12H2,1H3. The molecule has 0 amide bonds. The molecule has 0 radical (unpaired) electrons. The molecule has 78 valence electrons. The number of anilines is 1. The van der Waals surface area contributed by atoms with Crippen molar-refractivity contribution in [3.05, 3.63) is 42.2 Å². The van der Waals surface area contributed by atoms with E-state index in [1.165, 1.54) is 0 Å². The summed E-state index contributed by atoms with van der Waals surface area (Å²) in [5, 5.41) is 4.19. The average Bonchev–Trinajstić information content (AvgIpc) is 2.75. The van der Waals surface area contributed by atoms with Crippen molar-refractivity contribution < 1.29 is 0 Å². The van der Waals surface area contributed by atoms with Crippen molar-refractivity contribution in [3.8, 4) is 5.69 Å². The van der Waals surface area contributed by atoms with Gasteiger partial charge >= 0.3 is 0 Å². The molecule has 2 rings (SSSR count). The SMILES string of the molecule is CSCc1cc(-n2cccn2)ccc1N. The van der Waals surface area contributed by atoms with Crippen LogP contribution in [0.3, 0.4) is 0 Å². The van der Waals surface area contributed by atoms with E-state index < -0.39 is 0 Å². The van der Waals surface area contributed by atoms with Gasteiger partial charge in [0.25, 0.3) is 0 Å². The number of rotatable bonds is 3. The summed E-state index contributed by atoms with van der Waals surface area (Å²) >= 11 is 1.77. The first-order valence-electron chi connectivity index (χ1n) is 4.68. The normalized spacial score (nSPS) is 10.5. The summed E-state index contributed by atoms with van der Waals surface area (Å²) in [7, 11) is 0. The number of nitrogens with two attached hydrogens (primary N) is 1. The number of thioether (sulfide) groups is 1. The van der Waals surface area contributed by atoms with E-state index in [4.69, 9.17) is 5.73 Å². The summed E-state index contributed by atoms with van der Waals surface area (Å²) in [6, 6.07) is 7.90. The highest BCUT2D eigenvalue weighted by molar-refractivity contribution is 7.97. The van der Waals surface area contributed by atoms with Crippen molar-refractivity contribution in [2.45, 2.75) is 5.75 Å². The smallest absolute Gasteiger partial charge is 0.0650 e. The predicted molar refractivity (Wildman–Crippen MR) is 65.2 cm³/mol. The van der Waals surface area contributed by atoms with Crippen LogP contribution in [-0.4, -0.2) is 16.0 Å². The molecular formula is C11H13N3S. The van der Waals surface area contributed by atoms with Gasteiger partial charge in [-0.3, -0.25) is 0 Å². The van der Waals surface area contributed by atoms with Crippen molar-refractivity contribution >= 4 is 17.4 Å². The van der Waals surface area contributed by atoms with E-state index in [0.29, 0.717) is 0 Å². The van der Waals surface area contributed by atoms with Crippen molar-refractivity contribution in [1.29, 1.82) is 0 Å². The molecule has 0 spiro atoms. The first-order valence-corrected chi connectivity index (χ1v) is 6.08. The zero-order valence-electron chi connectivity index (χ0n) is 8.55. The quantitative estimate of drug-likeness (QED) is 0.806. The minimum atomic E-state index is 0.847. The van der Waals surface area contributed by atoms with Gasteiger partial charge in [-0.25, -0.2) is 4.68 Å². The van der Waals surface area contributed by atoms with E-state index in [2.05, 4.69) is 17.4 Å². The van der Waals surface area contributed by atoms with Crippen LogP contribution in [0.5, 0.6) is 0 Å². The van der Waals surface area contributed by atoms with Crippen LogP contribution < -0.4 is 5.73 Å². The van der Waals surface area contributed by atoms with Gasteiger partial charge in [0.1, 0.15) is 0 Å². The molecular weight excluding hydrogens is 206 g/mol. The molecule has 0 saturated carbocycles. The molecule has 15 heavy (non-hydrogen) atoms. The van der Waals surface area contributed by atoms with E-state index in [1.54, 1.807) is 18.0 Å². The average molecular weight is 219 g/mol. The number of nitrogens with zero attached hydrogens (tertiary/aromatic N) is 2. The Labute approximate surface area is 93.3 Å². The maximum Gasteiger partial charge on any atom is 0.0650 e. The maximum atomic E-state index is 5.89. The van der Waals surface area contributed by atoms with Crippen molar-refractivity contribution in [1.82, 2.24) is 9.78 Å². The Morgan fingerprint density at radius 1 is 1.47 bits per heavy atom. The van der Waals surface area contributed by atoms with Crippen LogP contribution in [0.4, 0.5) is 5.69 Å². The van der Waals surface area contributed by atoms with Gasteiger partial charge in [-0.15, -0.1) is 0 Å². The van der Waals surface area contributed by atoms with Crippen molar-refractivity contribution in [2.24, 2.45) is 0 Å². The highest BCUT2D eigenvalue weighted by Gasteiger charge is 2.02. The Morgan fingerprint density at radius 2 is 2.33 bits per heavy atom. The number of hydrogen-bond acceptors (Lipinski definition) is 3. The molecule has 1 aromatic heterocycles. The maximum absolute atomic E-state index is 5.89. The van der Waals surface area contributed by atoms with Crippen LogP contribution in [0, 0.1) is 0 Å². The molecule has 1 heterocycles. The fourth-order valence-corrected chi connectivity index (χ4v) is 2.00. The minimum Gasteiger partial charge on any atom is -0.398 e. The third kappa shape index (κ3) is 2.15. The van der Waals surface area contributed by atoms with E-state index >= 15 is 0 Å². The van der Waals surface area contributed by atoms with Gasteiger partial charge in [-0.1, -0.05) is 0 Å². The van der Waals surface area contributed by atoms with Gasteiger partial charge in [-0.2, -0.15) is 16.9 Å². The van der Waals surface area contributed by atoms with Crippen LogP contribution in [0.1, 0.15) is 5.56 Å². The molecule has 2 aromatic rings. The molecule has 0 aliphatic heterocycles. The van der Waals surface area contributed by atoms with E-state index in [9.17, 15) is 0 Å². The van der Waals surface area contributed by atoms with Crippen LogP contribution in [0.2, 0.25) is 0 Å². The van der Waals surface area contributed by atoms with Gasteiger partial charge in [0.2, 0.25) is 0 Å². The second-order valence-electron chi connectivity index (χ2n) is 3.27. The highest BCUT2D eigenvalue weighted by Crippen LogP contribution is 2.20. The molecule has 0 atom stereocenters. The second-order valence-corrected chi connectivity index (χ2v) is 4.13. The Kier molecular flexibility index (Phi) is 2.97. The molecule has 3 nitrogen and oxygen atoms in total. The molecule has 0 aliphatic carbocycles. The third-order valence-electron chi connectivity index (χ3n) is 2.20. The molecule has 0 bridgehead atoms. The first-order chi connectivity index (χ1) is 7.31. The van der Waals surface area contributed by atoms with Crippen molar-refractivity contribution in [3.63, 3.8) is 0 Å². The molecule has 1 aromatic carbocycles. The molecule has 0 fully saturated rings. The summed E-state index contributed by atoms with van der Waals surface area (Å²) < 4.78 is 1.84. The lowest BCUT2D eigenvalue weighted by Crippen LogP contribution is -1.98. The molecule has 4 heteroatoms. The van der Waals surface area contributed by atoms with Crippen LogP contribution in [-0.2, 0) is 5.75 Å². The first kappa shape index (κ1) is 10.1. The lowest BCUT2D eigenvalue weighted by molar-refractivity contribution is 0.879. The van der Waals surface area contributed by atoms with Crippen LogP contribution in [0.15, 0.2) is 36.7 Å². The second kappa shape index (κ2) is 4.40. The number of hydrogen-bond donors (Lipinski definition) is 1. The largest absolute Gasteiger partial charge is 0.398 e. The monoisotopic (exact) mass is 219 g/mol. The molecule has 2 N–H and O–H groups in total. The van der Waals surface area contributed by atoms with Gasteiger partial charge in [0.15, 0.2) is 0 Å². The zero-order valence-corrected chi connectivity index (χ0v) is 9.37. The lowest BCUT2D eigenvalue weighted by atomic mass is 10.2. The Morgan fingerprint density at radius 3 is 3.00 bits per heavy atom. The van der Waals surface area contributed by atoms with E-state index in [0.717, 1.165) is 22.7 Å². The summed E-state index contributed by atoms with van der Waals surface area (Å²) in [5.74, 6) is 0.931. The van der Waals surface area contributed by atoms with Gasteiger partial charge < -0.3 is 5.73 Å². The summed E-state index contributed by atoms with van der Waals surface area (Å²) in [6.07, 6.45) is 5.76. The predicted octanol–water partition coefficient (Wildman–Crippen LogP) is 2.32. The van der Waals surface area contributed by atoms with Crippen LogP contribution in [0.25, 0.3) is 5.69 Å². The highest BCUT2D eigenvalue weighted by atomic mass is 32.2. The van der Waals surface area contributed by atoms with Gasteiger partial charge in [-0.05, 0) is 36.1 Å². The number of aromatic nitrogens is 2. The van der Waals surface area contributed by atoms with Gasteiger partial charge in [0, 0.05) is 23.8 Å². The summed E-state index contributed by atoms with van der Waals surface area (Å²) in [6.45, 7) is 0. The Bertz CT molecular complexity index is 437. The fraction of sp³-hybridized carbons (Fsp3) is 0.182. The number of benzene rings is 1. The fourth-order valence-electron chi connectivity index (χ4n) is 1.44.